The van der Waals surface area contributed by atoms with Crippen molar-refractivity contribution < 1.29 is 14.7 Å². The molecule has 5 heteroatoms. The van der Waals surface area contributed by atoms with Crippen LogP contribution in [-0.4, -0.2) is 36.6 Å². The van der Waals surface area contributed by atoms with Gasteiger partial charge >= 0.3 is 5.97 Å². The van der Waals surface area contributed by atoms with E-state index in [2.05, 4.69) is 10.6 Å². The topological polar surface area (TPSA) is 78.4 Å². The lowest BCUT2D eigenvalue weighted by Crippen LogP contribution is -2.38. The molecule has 15 heavy (non-hydrogen) atoms. The minimum absolute atomic E-state index is 0.0814. The molecule has 0 aliphatic rings. The molecule has 0 aromatic carbocycles. The third-order valence-corrected chi connectivity index (χ3v) is 2.17. The van der Waals surface area contributed by atoms with Crippen LogP contribution in [0.25, 0.3) is 0 Å². The number of aliphatic carboxylic acids is 1. The highest BCUT2D eigenvalue weighted by Gasteiger charge is 2.15. The molecule has 1 amide bonds. The highest BCUT2D eigenvalue weighted by molar-refractivity contribution is 5.76. The first-order valence-corrected chi connectivity index (χ1v) is 5.28. The molecule has 0 aliphatic heterocycles. The van der Waals surface area contributed by atoms with Gasteiger partial charge in [-0.1, -0.05) is 19.8 Å². The predicted octanol–water partition coefficient (Wildman–Crippen LogP) is 0.356. The molecule has 0 spiro atoms. The van der Waals surface area contributed by atoms with E-state index in [0.29, 0.717) is 19.4 Å². The molecule has 0 aromatic heterocycles. The number of carboxylic acids is 1. The van der Waals surface area contributed by atoms with Crippen LogP contribution in [0.15, 0.2) is 0 Å². The first-order chi connectivity index (χ1) is 7.11. The number of amides is 1. The van der Waals surface area contributed by atoms with Crippen molar-refractivity contribution in [3.8, 4) is 0 Å². The van der Waals surface area contributed by atoms with Crippen molar-refractivity contribution in [2.45, 2.75) is 38.6 Å². The fourth-order valence-electron chi connectivity index (χ4n) is 1.21. The molecule has 3 N–H and O–H groups in total. The molecular formula is C10H20N2O3. The summed E-state index contributed by atoms with van der Waals surface area (Å²) in [5.41, 5.74) is 0. The molecule has 1 atom stereocenters. The lowest BCUT2D eigenvalue weighted by atomic mass is 10.1. The Morgan fingerprint density at radius 3 is 2.53 bits per heavy atom. The number of carbonyl (C=O) groups excluding carboxylic acids is 1. The number of hydrogen-bond donors (Lipinski definition) is 3. The van der Waals surface area contributed by atoms with E-state index in [1.807, 2.05) is 6.92 Å². The molecule has 1 unspecified atom stereocenters. The summed E-state index contributed by atoms with van der Waals surface area (Å²) in [6.45, 7) is 2.42. The van der Waals surface area contributed by atoms with Gasteiger partial charge in [0.15, 0.2) is 0 Å². The Morgan fingerprint density at radius 2 is 2.07 bits per heavy atom. The fraction of sp³-hybridized carbons (Fsp3) is 0.800. The Kier molecular flexibility index (Phi) is 7.62. The Labute approximate surface area is 90.2 Å². The van der Waals surface area contributed by atoms with Gasteiger partial charge in [0.05, 0.1) is 0 Å². The van der Waals surface area contributed by atoms with Gasteiger partial charge in [0.2, 0.25) is 5.91 Å². The first kappa shape index (κ1) is 13.9. The molecule has 0 rings (SSSR count). The van der Waals surface area contributed by atoms with E-state index >= 15 is 0 Å². The minimum Gasteiger partial charge on any atom is -0.480 e. The lowest BCUT2D eigenvalue weighted by Gasteiger charge is -2.13. The van der Waals surface area contributed by atoms with E-state index in [4.69, 9.17) is 5.11 Å². The maximum atomic E-state index is 10.9. The summed E-state index contributed by atoms with van der Waals surface area (Å²) >= 11 is 0. The average molecular weight is 216 g/mol. The van der Waals surface area contributed by atoms with Crippen LogP contribution in [0.3, 0.4) is 0 Å². The van der Waals surface area contributed by atoms with Crippen LogP contribution in [0, 0.1) is 0 Å². The van der Waals surface area contributed by atoms with Crippen molar-refractivity contribution in [1.82, 2.24) is 10.6 Å². The minimum atomic E-state index is -0.847. The number of nitrogens with one attached hydrogen (secondary N) is 2. The normalized spacial score (nSPS) is 12.1. The largest absolute Gasteiger partial charge is 0.480 e. The maximum absolute atomic E-state index is 10.9. The second-order valence-corrected chi connectivity index (χ2v) is 3.41. The van der Waals surface area contributed by atoms with Crippen molar-refractivity contribution in [2.24, 2.45) is 0 Å². The van der Waals surface area contributed by atoms with Gasteiger partial charge in [-0.2, -0.15) is 0 Å². The van der Waals surface area contributed by atoms with Crippen LogP contribution >= 0.6 is 0 Å². The molecule has 0 aliphatic carbocycles. The molecule has 0 saturated carbocycles. The predicted molar refractivity (Wildman–Crippen MR) is 57.6 cm³/mol. The summed E-state index contributed by atoms with van der Waals surface area (Å²) in [5.74, 6) is -0.928. The van der Waals surface area contributed by atoms with Crippen molar-refractivity contribution in [2.75, 3.05) is 13.6 Å². The zero-order valence-electron chi connectivity index (χ0n) is 9.38. The Hall–Kier alpha value is -1.10. The van der Waals surface area contributed by atoms with Gasteiger partial charge in [0.25, 0.3) is 0 Å². The van der Waals surface area contributed by atoms with E-state index in [9.17, 15) is 9.59 Å². The van der Waals surface area contributed by atoms with Crippen LogP contribution in [0.1, 0.15) is 32.6 Å². The smallest absolute Gasteiger partial charge is 0.320 e. The second kappa shape index (κ2) is 8.23. The molecule has 0 fully saturated rings. The van der Waals surface area contributed by atoms with E-state index in [0.717, 1.165) is 12.8 Å². The molecular weight excluding hydrogens is 196 g/mol. The second-order valence-electron chi connectivity index (χ2n) is 3.41. The summed E-state index contributed by atoms with van der Waals surface area (Å²) in [5, 5.41) is 14.2. The third kappa shape index (κ3) is 6.90. The summed E-state index contributed by atoms with van der Waals surface area (Å²) in [6, 6.07) is -0.533. The van der Waals surface area contributed by atoms with E-state index in [1.54, 1.807) is 7.05 Å². The Morgan fingerprint density at radius 1 is 1.40 bits per heavy atom. The average Bonchev–Trinajstić information content (AvgIpc) is 2.22. The summed E-state index contributed by atoms with van der Waals surface area (Å²) in [4.78, 5) is 21.7. The van der Waals surface area contributed by atoms with Crippen molar-refractivity contribution in [3.05, 3.63) is 0 Å². The van der Waals surface area contributed by atoms with Gasteiger partial charge in [0.1, 0.15) is 6.04 Å². The number of carboxylic acid groups (broad SMARTS) is 1. The highest BCUT2D eigenvalue weighted by atomic mass is 16.4. The number of hydrogen-bond acceptors (Lipinski definition) is 3. The summed E-state index contributed by atoms with van der Waals surface area (Å²) in [6.07, 6.45) is 2.77. The van der Waals surface area contributed by atoms with Crippen molar-refractivity contribution in [1.29, 1.82) is 0 Å². The van der Waals surface area contributed by atoms with Crippen molar-refractivity contribution in [3.63, 3.8) is 0 Å². The van der Waals surface area contributed by atoms with Gasteiger partial charge in [0, 0.05) is 20.0 Å². The van der Waals surface area contributed by atoms with E-state index in [-0.39, 0.29) is 5.91 Å². The molecule has 0 bridgehead atoms. The lowest BCUT2D eigenvalue weighted by molar-refractivity contribution is -0.139. The third-order valence-electron chi connectivity index (χ3n) is 2.17. The summed E-state index contributed by atoms with van der Waals surface area (Å²) in [7, 11) is 1.56. The van der Waals surface area contributed by atoms with Gasteiger partial charge in [-0.05, 0) is 6.42 Å². The fourth-order valence-corrected chi connectivity index (χ4v) is 1.21. The zero-order chi connectivity index (χ0) is 11.7. The number of carbonyl (C=O) groups is 2. The monoisotopic (exact) mass is 216 g/mol. The SMILES string of the molecule is CCCCC(NCCC(=O)NC)C(=O)O. The maximum Gasteiger partial charge on any atom is 0.320 e. The molecule has 0 radical (unpaired) electrons. The number of rotatable bonds is 8. The Balaban J connectivity index is 3.75. The van der Waals surface area contributed by atoms with Crippen LogP contribution in [-0.2, 0) is 9.59 Å². The van der Waals surface area contributed by atoms with Crippen LogP contribution in [0.5, 0.6) is 0 Å². The van der Waals surface area contributed by atoms with Crippen LogP contribution in [0.2, 0.25) is 0 Å². The van der Waals surface area contributed by atoms with Gasteiger partial charge in [-0.15, -0.1) is 0 Å². The Bertz CT molecular complexity index is 207. The van der Waals surface area contributed by atoms with Crippen molar-refractivity contribution >= 4 is 11.9 Å². The quantitative estimate of drug-likeness (QED) is 0.547. The summed E-state index contributed by atoms with van der Waals surface area (Å²) < 4.78 is 0. The van der Waals surface area contributed by atoms with E-state index in [1.165, 1.54) is 0 Å². The molecule has 0 aromatic rings. The zero-order valence-corrected chi connectivity index (χ0v) is 9.38. The van der Waals surface area contributed by atoms with Crippen LogP contribution < -0.4 is 10.6 Å². The molecule has 0 saturated heterocycles. The van der Waals surface area contributed by atoms with Gasteiger partial charge in [-0.25, -0.2) is 0 Å². The molecule has 5 nitrogen and oxygen atoms in total. The highest BCUT2D eigenvalue weighted by Crippen LogP contribution is 2.00. The first-order valence-electron chi connectivity index (χ1n) is 5.28. The molecule has 0 heterocycles. The standard InChI is InChI=1S/C10H20N2O3/c1-3-4-5-8(10(14)15)12-7-6-9(13)11-2/h8,12H,3-7H2,1-2H3,(H,11,13)(H,14,15). The number of unbranched alkanes of at least 4 members (excludes halogenated alkanes) is 1. The molecule has 88 valence electrons. The van der Waals surface area contributed by atoms with Gasteiger partial charge in [-0.3, -0.25) is 9.59 Å². The van der Waals surface area contributed by atoms with Crippen LogP contribution in [0.4, 0.5) is 0 Å². The van der Waals surface area contributed by atoms with E-state index < -0.39 is 12.0 Å². The van der Waals surface area contributed by atoms with Gasteiger partial charge < -0.3 is 15.7 Å².